The topological polar surface area (TPSA) is 76.7 Å². The van der Waals surface area contributed by atoms with Gasteiger partial charge in [0.2, 0.25) is 5.95 Å². The molecule has 0 unspecified atom stereocenters. The van der Waals surface area contributed by atoms with Gasteiger partial charge in [-0.2, -0.15) is 0 Å². The quantitative estimate of drug-likeness (QED) is 0.824. The fourth-order valence-electron chi connectivity index (χ4n) is 1.48. The lowest BCUT2D eigenvalue weighted by Gasteiger charge is -2.06. The molecule has 0 spiro atoms. The van der Waals surface area contributed by atoms with Gasteiger partial charge < -0.3 is 11.1 Å². The van der Waals surface area contributed by atoms with Crippen LogP contribution in [0.15, 0.2) is 30.5 Å². The molecule has 0 saturated carbocycles. The first-order valence-electron chi connectivity index (χ1n) is 5.50. The second kappa shape index (κ2) is 5.36. The van der Waals surface area contributed by atoms with Gasteiger partial charge in [0.25, 0.3) is 0 Å². The Kier molecular flexibility index (Phi) is 3.62. The van der Waals surface area contributed by atoms with E-state index in [2.05, 4.69) is 20.3 Å². The van der Waals surface area contributed by atoms with E-state index in [-0.39, 0.29) is 0 Å². The molecule has 88 valence electrons. The molecule has 0 aliphatic carbocycles. The molecule has 2 aromatic rings. The van der Waals surface area contributed by atoms with Gasteiger partial charge in [-0.25, -0.2) is 9.97 Å². The molecule has 0 aliphatic rings. The van der Waals surface area contributed by atoms with Crippen molar-refractivity contribution in [2.75, 3.05) is 18.4 Å². The number of pyridine rings is 1. The molecule has 0 aromatic carbocycles. The van der Waals surface area contributed by atoms with Crippen molar-refractivity contribution in [2.24, 2.45) is 5.73 Å². The first-order chi connectivity index (χ1) is 8.29. The molecule has 2 rings (SSSR count). The normalized spacial score (nSPS) is 10.2. The van der Waals surface area contributed by atoms with E-state index in [1.807, 2.05) is 31.2 Å². The SMILES string of the molecule is Cc1cc(-c2ccccn2)nc(NCCN)n1. The average Bonchev–Trinajstić information content (AvgIpc) is 2.37. The van der Waals surface area contributed by atoms with Gasteiger partial charge in [-0.1, -0.05) is 6.07 Å². The second-order valence-corrected chi connectivity index (χ2v) is 3.65. The third-order valence-electron chi connectivity index (χ3n) is 2.21. The highest BCUT2D eigenvalue weighted by Gasteiger charge is 2.04. The first-order valence-corrected chi connectivity index (χ1v) is 5.50. The summed E-state index contributed by atoms with van der Waals surface area (Å²) in [6, 6.07) is 7.66. The molecule has 0 aliphatic heterocycles. The minimum Gasteiger partial charge on any atom is -0.353 e. The van der Waals surface area contributed by atoms with Crippen LogP contribution >= 0.6 is 0 Å². The summed E-state index contributed by atoms with van der Waals surface area (Å²) in [4.78, 5) is 13.0. The van der Waals surface area contributed by atoms with Gasteiger partial charge in [0, 0.05) is 25.0 Å². The van der Waals surface area contributed by atoms with E-state index in [1.165, 1.54) is 0 Å². The zero-order valence-corrected chi connectivity index (χ0v) is 9.72. The van der Waals surface area contributed by atoms with Crippen molar-refractivity contribution in [3.8, 4) is 11.4 Å². The Balaban J connectivity index is 2.32. The molecule has 5 heteroatoms. The van der Waals surface area contributed by atoms with E-state index in [1.54, 1.807) is 6.20 Å². The Hall–Kier alpha value is -2.01. The number of anilines is 1. The summed E-state index contributed by atoms with van der Waals surface area (Å²) < 4.78 is 0. The third kappa shape index (κ3) is 2.98. The van der Waals surface area contributed by atoms with Crippen molar-refractivity contribution in [2.45, 2.75) is 6.92 Å². The lowest BCUT2D eigenvalue weighted by Crippen LogP contribution is -2.15. The Bertz CT molecular complexity index is 484. The third-order valence-corrected chi connectivity index (χ3v) is 2.21. The smallest absolute Gasteiger partial charge is 0.223 e. The highest BCUT2D eigenvalue weighted by Crippen LogP contribution is 2.16. The van der Waals surface area contributed by atoms with Crippen LogP contribution in [-0.4, -0.2) is 28.0 Å². The zero-order valence-electron chi connectivity index (χ0n) is 9.72. The highest BCUT2D eigenvalue weighted by molar-refractivity contribution is 5.55. The second-order valence-electron chi connectivity index (χ2n) is 3.65. The molecule has 17 heavy (non-hydrogen) atoms. The molecule has 0 bridgehead atoms. The van der Waals surface area contributed by atoms with Crippen LogP contribution in [0.2, 0.25) is 0 Å². The standard InChI is InChI=1S/C12H15N5/c1-9-8-11(10-4-2-3-6-14-10)17-12(16-9)15-7-5-13/h2-4,6,8H,5,7,13H2,1H3,(H,15,16,17). The molecule has 0 fully saturated rings. The molecule has 0 amide bonds. The number of rotatable bonds is 4. The summed E-state index contributed by atoms with van der Waals surface area (Å²) >= 11 is 0. The van der Waals surface area contributed by atoms with Crippen LogP contribution in [0.25, 0.3) is 11.4 Å². The maximum Gasteiger partial charge on any atom is 0.223 e. The molecule has 3 N–H and O–H groups in total. The molecule has 0 atom stereocenters. The number of nitrogens with one attached hydrogen (secondary N) is 1. The fourth-order valence-corrected chi connectivity index (χ4v) is 1.48. The monoisotopic (exact) mass is 229 g/mol. The maximum absolute atomic E-state index is 5.43. The summed E-state index contributed by atoms with van der Waals surface area (Å²) in [6.45, 7) is 3.14. The number of aryl methyl sites for hydroxylation is 1. The lowest BCUT2D eigenvalue weighted by molar-refractivity contribution is 0.979. The maximum atomic E-state index is 5.43. The van der Waals surface area contributed by atoms with Crippen molar-refractivity contribution < 1.29 is 0 Å². The zero-order chi connectivity index (χ0) is 12.1. The van der Waals surface area contributed by atoms with E-state index >= 15 is 0 Å². The Morgan fingerprint density at radius 3 is 2.82 bits per heavy atom. The largest absolute Gasteiger partial charge is 0.353 e. The van der Waals surface area contributed by atoms with E-state index in [0.717, 1.165) is 17.1 Å². The molecule has 2 aromatic heterocycles. The van der Waals surface area contributed by atoms with Gasteiger partial charge in [0.05, 0.1) is 11.4 Å². The minimum absolute atomic E-state index is 0.552. The number of aromatic nitrogens is 3. The van der Waals surface area contributed by atoms with E-state index in [9.17, 15) is 0 Å². The summed E-state index contributed by atoms with van der Waals surface area (Å²) in [5.41, 5.74) is 7.99. The van der Waals surface area contributed by atoms with Crippen molar-refractivity contribution in [3.63, 3.8) is 0 Å². The molecular formula is C12H15N5. The predicted molar refractivity (Wildman–Crippen MR) is 67.5 cm³/mol. The number of hydrogen-bond acceptors (Lipinski definition) is 5. The van der Waals surface area contributed by atoms with Crippen molar-refractivity contribution in [1.29, 1.82) is 0 Å². The van der Waals surface area contributed by atoms with Gasteiger partial charge in [0.15, 0.2) is 0 Å². The summed E-state index contributed by atoms with van der Waals surface area (Å²) in [6.07, 6.45) is 1.75. The first kappa shape index (κ1) is 11.5. The molecule has 0 radical (unpaired) electrons. The highest BCUT2D eigenvalue weighted by atomic mass is 15.1. The Morgan fingerprint density at radius 2 is 2.12 bits per heavy atom. The van der Waals surface area contributed by atoms with Gasteiger partial charge in [-0.3, -0.25) is 4.98 Å². The molecular weight excluding hydrogens is 214 g/mol. The average molecular weight is 229 g/mol. The van der Waals surface area contributed by atoms with E-state index < -0.39 is 0 Å². The minimum atomic E-state index is 0.552. The van der Waals surface area contributed by atoms with Crippen LogP contribution in [0, 0.1) is 6.92 Å². The van der Waals surface area contributed by atoms with Gasteiger partial charge in [0.1, 0.15) is 0 Å². The van der Waals surface area contributed by atoms with Gasteiger partial charge in [-0.05, 0) is 25.1 Å². The van der Waals surface area contributed by atoms with Crippen LogP contribution in [0.1, 0.15) is 5.69 Å². The summed E-state index contributed by atoms with van der Waals surface area (Å²) in [7, 11) is 0. The van der Waals surface area contributed by atoms with Crippen LogP contribution in [0.5, 0.6) is 0 Å². The van der Waals surface area contributed by atoms with Crippen molar-refractivity contribution >= 4 is 5.95 Å². The van der Waals surface area contributed by atoms with Crippen molar-refractivity contribution in [1.82, 2.24) is 15.0 Å². The number of nitrogens with two attached hydrogens (primary N) is 1. The Morgan fingerprint density at radius 1 is 1.24 bits per heavy atom. The van der Waals surface area contributed by atoms with Crippen LogP contribution in [0.3, 0.4) is 0 Å². The number of nitrogens with zero attached hydrogens (tertiary/aromatic N) is 3. The van der Waals surface area contributed by atoms with Crippen LogP contribution in [0.4, 0.5) is 5.95 Å². The van der Waals surface area contributed by atoms with Crippen molar-refractivity contribution in [3.05, 3.63) is 36.2 Å². The fraction of sp³-hybridized carbons (Fsp3) is 0.250. The molecule has 0 saturated heterocycles. The van der Waals surface area contributed by atoms with Crippen LogP contribution in [-0.2, 0) is 0 Å². The predicted octanol–water partition coefficient (Wildman–Crippen LogP) is 1.22. The molecule has 2 heterocycles. The van der Waals surface area contributed by atoms with Gasteiger partial charge in [-0.15, -0.1) is 0 Å². The lowest BCUT2D eigenvalue weighted by atomic mass is 10.2. The van der Waals surface area contributed by atoms with Gasteiger partial charge >= 0.3 is 0 Å². The molecule has 5 nitrogen and oxygen atoms in total. The summed E-state index contributed by atoms with van der Waals surface area (Å²) in [5.74, 6) is 0.594. The number of hydrogen-bond donors (Lipinski definition) is 2. The summed E-state index contributed by atoms with van der Waals surface area (Å²) in [5, 5.41) is 3.07. The Labute approximate surface area is 100 Å². The van der Waals surface area contributed by atoms with E-state index in [4.69, 9.17) is 5.73 Å². The van der Waals surface area contributed by atoms with Crippen LogP contribution < -0.4 is 11.1 Å². The van der Waals surface area contributed by atoms with E-state index in [0.29, 0.717) is 19.0 Å².